The Morgan fingerprint density at radius 1 is 1.03 bits per heavy atom. The monoisotopic (exact) mass is 458 g/mol. The molecule has 1 atom stereocenters. The number of carbonyl (C=O) groups excluding carboxylic acids is 2. The standard InChI is InChI=1S/C21H16F6N2O3/c1-32-19(31)17(9-13-4-2-3-5-14(13)11-28)29-18(30)8-12-6-15(20(22,23)24)10-16(7-12)21(25,26)27/h2-7,10,17H,8-9H2,1H3,(H,29,30)/t17-/m1/s1. The fraction of sp³-hybridized carbons (Fsp3) is 0.286. The molecule has 11 heteroatoms. The highest BCUT2D eigenvalue weighted by atomic mass is 19.4. The predicted molar refractivity (Wildman–Crippen MR) is 99.0 cm³/mol. The number of methoxy groups -OCH3 is 1. The second kappa shape index (κ2) is 9.72. The fourth-order valence-corrected chi connectivity index (χ4v) is 2.91. The Hall–Kier alpha value is -3.55. The van der Waals surface area contributed by atoms with E-state index in [2.05, 4.69) is 10.1 Å². The van der Waals surface area contributed by atoms with Crippen molar-refractivity contribution < 1.29 is 40.7 Å². The number of hydrogen-bond acceptors (Lipinski definition) is 4. The summed E-state index contributed by atoms with van der Waals surface area (Å²) in [4.78, 5) is 24.4. The van der Waals surface area contributed by atoms with E-state index >= 15 is 0 Å². The Morgan fingerprint density at radius 3 is 2.09 bits per heavy atom. The Kier molecular flexibility index (Phi) is 7.51. The van der Waals surface area contributed by atoms with Crippen molar-refractivity contribution in [1.29, 1.82) is 5.26 Å². The minimum atomic E-state index is -5.05. The van der Waals surface area contributed by atoms with Gasteiger partial charge in [-0.15, -0.1) is 0 Å². The largest absolute Gasteiger partial charge is 0.467 e. The number of halogens is 6. The van der Waals surface area contributed by atoms with Crippen molar-refractivity contribution in [1.82, 2.24) is 5.32 Å². The molecule has 0 bridgehead atoms. The molecule has 0 aromatic heterocycles. The summed E-state index contributed by atoms with van der Waals surface area (Å²) in [5, 5.41) is 11.4. The smallest absolute Gasteiger partial charge is 0.416 e. The van der Waals surface area contributed by atoms with Gasteiger partial charge in [0.15, 0.2) is 0 Å². The van der Waals surface area contributed by atoms with Gasteiger partial charge in [0.1, 0.15) is 6.04 Å². The van der Waals surface area contributed by atoms with Gasteiger partial charge in [0.05, 0.1) is 36.3 Å². The van der Waals surface area contributed by atoms with E-state index in [4.69, 9.17) is 5.26 Å². The number of nitrogens with one attached hydrogen (secondary N) is 1. The fourth-order valence-electron chi connectivity index (χ4n) is 2.91. The molecule has 2 rings (SSSR count). The van der Waals surface area contributed by atoms with Crippen molar-refractivity contribution in [3.8, 4) is 6.07 Å². The second-order valence-corrected chi connectivity index (χ2v) is 6.71. The Labute approximate surface area is 178 Å². The number of amides is 1. The van der Waals surface area contributed by atoms with E-state index in [9.17, 15) is 35.9 Å². The molecule has 0 spiro atoms. The summed E-state index contributed by atoms with van der Waals surface area (Å²) < 4.78 is 82.6. The average Bonchev–Trinajstić information content (AvgIpc) is 2.71. The van der Waals surface area contributed by atoms with Crippen molar-refractivity contribution in [3.05, 3.63) is 70.3 Å². The van der Waals surface area contributed by atoms with Crippen LogP contribution in [0.2, 0.25) is 0 Å². The number of rotatable bonds is 6. The topological polar surface area (TPSA) is 79.2 Å². The molecule has 1 amide bonds. The number of carbonyl (C=O) groups is 2. The van der Waals surface area contributed by atoms with Gasteiger partial charge in [0.2, 0.25) is 5.91 Å². The number of esters is 1. The quantitative estimate of drug-likeness (QED) is 0.524. The van der Waals surface area contributed by atoms with Crippen LogP contribution in [0.1, 0.15) is 27.8 Å². The van der Waals surface area contributed by atoms with Gasteiger partial charge < -0.3 is 10.1 Å². The molecule has 0 saturated heterocycles. The number of alkyl halides is 6. The molecule has 2 aromatic carbocycles. The molecule has 170 valence electrons. The average molecular weight is 458 g/mol. The van der Waals surface area contributed by atoms with Gasteiger partial charge in [-0.25, -0.2) is 4.79 Å². The molecule has 5 nitrogen and oxygen atoms in total. The molecule has 0 radical (unpaired) electrons. The van der Waals surface area contributed by atoms with Crippen LogP contribution in [-0.2, 0) is 39.5 Å². The highest BCUT2D eigenvalue weighted by Gasteiger charge is 2.37. The Morgan fingerprint density at radius 2 is 1.59 bits per heavy atom. The van der Waals surface area contributed by atoms with Gasteiger partial charge in [-0.05, 0) is 35.4 Å². The van der Waals surface area contributed by atoms with Crippen molar-refractivity contribution in [3.63, 3.8) is 0 Å². The summed E-state index contributed by atoms with van der Waals surface area (Å²) in [6, 6.07) is 7.62. The van der Waals surface area contributed by atoms with Crippen molar-refractivity contribution in [2.75, 3.05) is 7.11 Å². The van der Waals surface area contributed by atoms with Gasteiger partial charge >= 0.3 is 18.3 Å². The second-order valence-electron chi connectivity index (χ2n) is 6.71. The number of nitriles is 1. The third kappa shape index (κ3) is 6.47. The van der Waals surface area contributed by atoms with Crippen LogP contribution in [0, 0.1) is 11.3 Å². The van der Waals surface area contributed by atoms with Crippen LogP contribution in [0.25, 0.3) is 0 Å². The van der Waals surface area contributed by atoms with Gasteiger partial charge in [-0.3, -0.25) is 4.79 Å². The summed E-state index contributed by atoms with van der Waals surface area (Å²) in [6.07, 6.45) is -11.1. The van der Waals surface area contributed by atoms with Crippen molar-refractivity contribution in [2.24, 2.45) is 0 Å². The van der Waals surface area contributed by atoms with Crippen LogP contribution in [-0.4, -0.2) is 25.0 Å². The molecular formula is C21H16F6N2O3. The normalized spacial score (nSPS) is 12.6. The lowest BCUT2D eigenvalue weighted by atomic mass is 10.00. The number of ether oxygens (including phenoxy) is 1. The maximum atomic E-state index is 13.0. The maximum Gasteiger partial charge on any atom is 0.416 e. The first-order chi connectivity index (χ1) is 14.8. The SMILES string of the molecule is COC(=O)[C@@H](Cc1ccccc1C#N)NC(=O)Cc1cc(C(F)(F)F)cc(C(F)(F)F)c1. The molecule has 0 aliphatic rings. The summed E-state index contributed by atoms with van der Waals surface area (Å²) in [5.74, 6) is -1.89. The molecule has 1 N–H and O–H groups in total. The zero-order valence-electron chi connectivity index (χ0n) is 16.5. The molecule has 0 aliphatic carbocycles. The maximum absolute atomic E-state index is 13.0. The van der Waals surface area contributed by atoms with Crippen LogP contribution in [0.5, 0.6) is 0 Å². The molecule has 32 heavy (non-hydrogen) atoms. The lowest BCUT2D eigenvalue weighted by molar-refractivity contribution is -0.145. The van der Waals surface area contributed by atoms with E-state index in [0.29, 0.717) is 17.7 Å². The Bertz CT molecular complexity index is 1010. The third-order valence-corrected chi connectivity index (χ3v) is 4.39. The van der Waals surface area contributed by atoms with E-state index < -0.39 is 53.4 Å². The van der Waals surface area contributed by atoms with Gasteiger partial charge in [-0.1, -0.05) is 18.2 Å². The number of nitrogens with zero attached hydrogens (tertiary/aromatic N) is 1. The molecule has 0 aliphatic heterocycles. The van der Waals surface area contributed by atoms with Crippen LogP contribution < -0.4 is 5.32 Å². The van der Waals surface area contributed by atoms with Crippen molar-refractivity contribution in [2.45, 2.75) is 31.2 Å². The van der Waals surface area contributed by atoms with E-state index in [-0.39, 0.29) is 18.1 Å². The minimum absolute atomic E-state index is 0.0442. The number of hydrogen-bond donors (Lipinski definition) is 1. The van der Waals surface area contributed by atoms with E-state index in [1.165, 1.54) is 12.1 Å². The zero-order valence-corrected chi connectivity index (χ0v) is 16.5. The summed E-state index contributed by atoms with van der Waals surface area (Å²) in [6.45, 7) is 0. The highest BCUT2D eigenvalue weighted by Crippen LogP contribution is 2.36. The minimum Gasteiger partial charge on any atom is -0.467 e. The first-order valence-electron chi connectivity index (χ1n) is 8.98. The first kappa shape index (κ1) is 24.7. The van der Waals surface area contributed by atoms with E-state index in [1.807, 2.05) is 6.07 Å². The van der Waals surface area contributed by atoms with Crippen LogP contribution in [0.15, 0.2) is 42.5 Å². The third-order valence-electron chi connectivity index (χ3n) is 4.39. The molecular weight excluding hydrogens is 442 g/mol. The predicted octanol–water partition coefficient (Wildman–Crippen LogP) is 4.04. The van der Waals surface area contributed by atoms with Crippen LogP contribution >= 0.6 is 0 Å². The van der Waals surface area contributed by atoms with Crippen LogP contribution in [0.4, 0.5) is 26.3 Å². The van der Waals surface area contributed by atoms with Gasteiger partial charge in [0, 0.05) is 6.42 Å². The summed E-state index contributed by atoms with van der Waals surface area (Å²) in [7, 11) is 1.04. The molecule has 0 fully saturated rings. The lowest BCUT2D eigenvalue weighted by Gasteiger charge is -2.18. The molecule has 2 aromatic rings. The molecule has 0 saturated carbocycles. The summed E-state index contributed by atoms with van der Waals surface area (Å²) >= 11 is 0. The van der Waals surface area contributed by atoms with E-state index in [0.717, 1.165) is 7.11 Å². The van der Waals surface area contributed by atoms with Crippen LogP contribution in [0.3, 0.4) is 0 Å². The lowest BCUT2D eigenvalue weighted by Crippen LogP contribution is -2.43. The van der Waals surface area contributed by atoms with E-state index in [1.54, 1.807) is 12.1 Å². The molecule has 0 heterocycles. The summed E-state index contributed by atoms with van der Waals surface area (Å²) in [5.41, 5.74) is -3.02. The Balaban J connectivity index is 2.28. The molecule has 0 unspecified atom stereocenters. The highest BCUT2D eigenvalue weighted by molar-refractivity contribution is 5.86. The number of benzene rings is 2. The van der Waals surface area contributed by atoms with Gasteiger partial charge in [-0.2, -0.15) is 31.6 Å². The van der Waals surface area contributed by atoms with Crippen molar-refractivity contribution >= 4 is 11.9 Å². The van der Waals surface area contributed by atoms with Gasteiger partial charge in [0.25, 0.3) is 0 Å². The zero-order chi connectivity index (χ0) is 24.1. The first-order valence-corrected chi connectivity index (χ1v) is 8.98.